The summed E-state index contributed by atoms with van der Waals surface area (Å²) in [5.74, 6) is 0.526. The number of benzene rings is 1. The Balaban J connectivity index is 2.84. The summed E-state index contributed by atoms with van der Waals surface area (Å²) in [7, 11) is 1.57. The molecule has 1 aromatic carbocycles. The van der Waals surface area contributed by atoms with E-state index in [4.69, 9.17) is 14.7 Å². The molecule has 0 aliphatic rings. The van der Waals surface area contributed by atoms with Crippen LogP contribution in [0.25, 0.3) is 0 Å². The third-order valence-electron chi connectivity index (χ3n) is 2.51. The highest BCUT2D eigenvalue weighted by molar-refractivity contribution is 5.91. The number of methoxy groups -OCH3 is 1. The van der Waals surface area contributed by atoms with Crippen molar-refractivity contribution < 1.29 is 14.3 Å². The van der Waals surface area contributed by atoms with Gasteiger partial charge in [-0.1, -0.05) is 0 Å². The summed E-state index contributed by atoms with van der Waals surface area (Å²) < 4.78 is 10.6. The maximum atomic E-state index is 11.9. The molecule has 114 valence electrons. The van der Waals surface area contributed by atoms with Gasteiger partial charge in [0.1, 0.15) is 5.75 Å². The number of urea groups is 1. The molecule has 0 fully saturated rings. The fourth-order valence-electron chi connectivity index (χ4n) is 1.73. The van der Waals surface area contributed by atoms with Crippen molar-refractivity contribution in [1.29, 1.82) is 5.26 Å². The van der Waals surface area contributed by atoms with Gasteiger partial charge in [0.05, 0.1) is 36.1 Å². The number of carbonyl (C=O) groups is 1. The first-order valence-corrected chi connectivity index (χ1v) is 6.73. The van der Waals surface area contributed by atoms with Gasteiger partial charge in [-0.2, -0.15) is 5.26 Å². The van der Waals surface area contributed by atoms with Gasteiger partial charge in [-0.15, -0.1) is 0 Å². The topological polar surface area (TPSA) is 83.4 Å². The Morgan fingerprint density at radius 1 is 1.38 bits per heavy atom. The number of nitrogens with zero attached hydrogens (tertiary/aromatic N) is 1. The number of ether oxygens (including phenoxy) is 2. The second kappa shape index (κ2) is 8.12. The zero-order chi connectivity index (χ0) is 15.8. The number of hydrogen-bond acceptors (Lipinski definition) is 4. The molecule has 6 heteroatoms. The van der Waals surface area contributed by atoms with Crippen molar-refractivity contribution in [3.8, 4) is 11.8 Å². The minimum Gasteiger partial charge on any atom is -0.489 e. The van der Waals surface area contributed by atoms with Crippen molar-refractivity contribution in [2.45, 2.75) is 32.9 Å². The van der Waals surface area contributed by atoms with E-state index in [2.05, 4.69) is 10.6 Å². The first-order valence-electron chi connectivity index (χ1n) is 6.73. The Kier molecular flexibility index (Phi) is 6.50. The number of anilines is 1. The fourth-order valence-corrected chi connectivity index (χ4v) is 1.73. The van der Waals surface area contributed by atoms with Crippen LogP contribution in [0.3, 0.4) is 0 Å². The molecule has 0 aromatic heterocycles. The Bertz CT molecular complexity index is 523. The summed E-state index contributed by atoms with van der Waals surface area (Å²) in [4.78, 5) is 11.9. The average Bonchev–Trinajstić information content (AvgIpc) is 2.40. The van der Waals surface area contributed by atoms with E-state index in [0.717, 1.165) is 0 Å². The molecule has 0 saturated carbocycles. The molecule has 0 unspecified atom stereocenters. The van der Waals surface area contributed by atoms with Crippen LogP contribution in [0.2, 0.25) is 0 Å². The van der Waals surface area contributed by atoms with E-state index in [0.29, 0.717) is 23.6 Å². The zero-order valence-electron chi connectivity index (χ0n) is 12.8. The highest BCUT2D eigenvalue weighted by atomic mass is 16.5. The molecule has 1 rings (SSSR count). The second-order valence-electron chi connectivity index (χ2n) is 4.94. The van der Waals surface area contributed by atoms with Crippen molar-refractivity contribution >= 4 is 11.7 Å². The lowest BCUT2D eigenvalue weighted by atomic mass is 10.2. The van der Waals surface area contributed by atoms with Crippen LogP contribution in [0.4, 0.5) is 10.5 Å². The number of carbonyl (C=O) groups excluding carboxylic acids is 1. The molecule has 2 amide bonds. The van der Waals surface area contributed by atoms with E-state index >= 15 is 0 Å². The summed E-state index contributed by atoms with van der Waals surface area (Å²) >= 11 is 0. The van der Waals surface area contributed by atoms with E-state index in [9.17, 15) is 4.79 Å². The number of nitrogens with one attached hydrogen (secondary N) is 2. The molecule has 0 spiro atoms. The normalized spacial score (nSPS) is 11.6. The number of nitriles is 1. The van der Waals surface area contributed by atoms with Gasteiger partial charge in [-0.25, -0.2) is 4.79 Å². The maximum Gasteiger partial charge on any atom is 0.319 e. The zero-order valence-corrected chi connectivity index (χ0v) is 12.8. The van der Waals surface area contributed by atoms with Gasteiger partial charge in [0, 0.05) is 7.11 Å². The van der Waals surface area contributed by atoms with Crippen LogP contribution in [0, 0.1) is 11.3 Å². The van der Waals surface area contributed by atoms with Crippen molar-refractivity contribution in [2.24, 2.45) is 0 Å². The lowest BCUT2D eigenvalue weighted by molar-refractivity contribution is 0.173. The molecular formula is C15H21N3O3. The highest BCUT2D eigenvalue weighted by Gasteiger charge is 2.12. The maximum absolute atomic E-state index is 11.9. The van der Waals surface area contributed by atoms with E-state index < -0.39 is 0 Å². The van der Waals surface area contributed by atoms with Crippen LogP contribution in [0.5, 0.6) is 5.75 Å². The molecule has 0 bridgehead atoms. The average molecular weight is 291 g/mol. The second-order valence-corrected chi connectivity index (χ2v) is 4.94. The molecule has 2 N–H and O–H groups in total. The van der Waals surface area contributed by atoms with Crippen LogP contribution in [-0.4, -0.2) is 31.9 Å². The molecule has 0 radical (unpaired) electrons. The SMILES string of the molecule is COC[C@@H](C)NC(=O)Nc1cc(C#N)ccc1OC(C)C. The van der Waals surface area contributed by atoms with E-state index in [1.165, 1.54) is 0 Å². The molecule has 21 heavy (non-hydrogen) atoms. The van der Waals surface area contributed by atoms with Gasteiger partial charge in [0.2, 0.25) is 0 Å². The summed E-state index contributed by atoms with van der Waals surface area (Å²) in [6.07, 6.45) is -0.0334. The predicted molar refractivity (Wildman–Crippen MR) is 80.4 cm³/mol. The first kappa shape index (κ1) is 16.8. The molecule has 0 saturated heterocycles. The highest BCUT2D eigenvalue weighted by Crippen LogP contribution is 2.26. The predicted octanol–water partition coefficient (Wildman–Crippen LogP) is 2.50. The number of hydrogen-bond donors (Lipinski definition) is 2. The Morgan fingerprint density at radius 3 is 2.67 bits per heavy atom. The quantitative estimate of drug-likeness (QED) is 0.843. The Morgan fingerprint density at radius 2 is 2.10 bits per heavy atom. The van der Waals surface area contributed by atoms with Gasteiger partial charge in [-0.3, -0.25) is 0 Å². The summed E-state index contributed by atoms with van der Waals surface area (Å²) in [6, 6.07) is 6.44. The molecule has 0 aliphatic carbocycles. The molecule has 0 aliphatic heterocycles. The molecule has 0 heterocycles. The van der Waals surface area contributed by atoms with Crippen molar-refractivity contribution in [3.63, 3.8) is 0 Å². The molecule has 1 aromatic rings. The third kappa shape index (κ3) is 5.71. The molecule has 1 atom stereocenters. The van der Waals surface area contributed by atoms with Gasteiger partial charge in [0.15, 0.2) is 0 Å². The van der Waals surface area contributed by atoms with Crippen molar-refractivity contribution in [3.05, 3.63) is 23.8 Å². The minimum absolute atomic E-state index is 0.0334. The third-order valence-corrected chi connectivity index (χ3v) is 2.51. The summed E-state index contributed by atoms with van der Waals surface area (Å²) in [6.45, 7) is 6.03. The number of amides is 2. The summed E-state index contributed by atoms with van der Waals surface area (Å²) in [5.41, 5.74) is 0.913. The summed E-state index contributed by atoms with van der Waals surface area (Å²) in [5, 5.41) is 14.4. The Labute approximate surface area is 125 Å². The first-order chi connectivity index (χ1) is 9.96. The minimum atomic E-state index is -0.372. The fraction of sp³-hybridized carbons (Fsp3) is 0.467. The lowest BCUT2D eigenvalue weighted by Crippen LogP contribution is -2.38. The van der Waals surface area contributed by atoms with Crippen molar-refractivity contribution in [1.82, 2.24) is 5.32 Å². The molecular weight excluding hydrogens is 270 g/mol. The van der Waals surface area contributed by atoms with Gasteiger partial charge < -0.3 is 20.1 Å². The van der Waals surface area contributed by atoms with E-state index in [1.54, 1.807) is 25.3 Å². The van der Waals surface area contributed by atoms with Crippen LogP contribution in [0.15, 0.2) is 18.2 Å². The lowest BCUT2D eigenvalue weighted by Gasteiger charge is -2.17. The largest absolute Gasteiger partial charge is 0.489 e. The monoisotopic (exact) mass is 291 g/mol. The van der Waals surface area contributed by atoms with Crippen LogP contribution < -0.4 is 15.4 Å². The smallest absolute Gasteiger partial charge is 0.319 e. The van der Waals surface area contributed by atoms with E-state index in [-0.39, 0.29) is 18.2 Å². The van der Waals surface area contributed by atoms with Gasteiger partial charge in [-0.05, 0) is 39.0 Å². The van der Waals surface area contributed by atoms with Crippen molar-refractivity contribution in [2.75, 3.05) is 19.0 Å². The van der Waals surface area contributed by atoms with Crippen LogP contribution >= 0.6 is 0 Å². The number of rotatable bonds is 6. The van der Waals surface area contributed by atoms with Crippen LogP contribution in [-0.2, 0) is 4.74 Å². The Hall–Kier alpha value is -2.26. The van der Waals surface area contributed by atoms with Crippen LogP contribution in [0.1, 0.15) is 26.3 Å². The van der Waals surface area contributed by atoms with Gasteiger partial charge >= 0.3 is 6.03 Å². The molecule has 6 nitrogen and oxygen atoms in total. The van der Waals surface area contributed by atoms with Gasteiger partial charge in [0.25, 0.3) is 0 Å². The standard InChI is InChI=1S/C15H21N3O3/c1-10(2)21-14-6-5-12(8-16)7-13(14)18-15(19)17-11(3)9-20-4/h5-7,10-11H,9H2,1-4H3,(H2,17,18,19)/t11-/m1/s1. The van der Waals surface area contributed by atoms with E-state index in [1.807, 2.05) is 26.8 Å².